The first-order valence-electron chi connectivity index (χ1n) is 5.61. The lowest BCUT2D eigenvalue weighted by Gasteiger charge is -2.26. The summed E-state index contributed by atoms with van der Waals surface area (Å²) in [4.78, 5) is 11.0. The van der Waals surface area contributed by atoms with Gasteiger partial charge in [0.05, 0.1) is 0 Å². The zero-order valence-corrected chi connectivity index (χ0v) is 9.24. The molecular weight excluding hydrogens is 188 g/mol. The van der Waals surface area contributed by atoms with Gasteiger partial charge in [-0.15, -0.1) is 0 Å². The Kier molecular flexibility index (Phi) is 3.64. The molecular formula is C11H18N4. The maximum Gasteiger partial charge on any atom is 0.127 e. The lowest BCUT2D eigenvalue weighted by molar-refractivity contribution is 0.232. The van der Waals surface area contributed by atoms with Crippen LogP contribution in [-0.2, 0) is 13.0 Å². The van der Waals surface area contributed by atoms with E-state index in [1.165, 1.54) is 5.56 Å². The Balaban J connectivity index is 1.91. The van der Waals surface area contributed by atoms with E-state index in [1.54, 1.807) is 0 Å². The highest BCUT2D eigenvalue weighted by molar-refractivity contribution is 5.05. The molecule has 1 aliphatic heterocycles. The second-order valence-electron chi connectivity index (χ2n) is 3.89. The maximum absolute atomic E-state index is 4.31. The van der Waals surface area contributed by atoms with Gasteiger partial charge in [0, 0.05) is 57.1 Å². The average molecular weight is 206 g/mol. The van der Waals surface area contributed by atoms with Gasteiger partial charge < -0.3 is 5.32 Å². The lowest BCUT2D eigenvalue weighted by Crippen LogP contribution is -2.42. The molecule has 82 valence electrons. The predicted molar refractivity (Wildman–Crippen MR) is 59.6 cm³/mol. The minimum absolute atomic E-state index is 0.911. The molecule has 0 unspecified atom stereocenters. The van der Waals surface area contributed by atoms with Crippen LogP contribution in [0.5, 0.6) is 0 Å². The van der Waals surface area contributed by atoms with Crippen molar-refractivity contribution in [3.8, 4) is 0 Å². The molecule has 0 saturated carbocycles. The van der Waals surface area contributed by atoms with Gasteiger partial charge in [0.15, 0.2) is 0 Å². The summed E-state index contributed by atoms with van der Waals surface area (Å²) >= 11 is 0. The predicted octanol–water partition coefficient (Wildman–Crippen LogP) is 0.444. The monoisotopic (exact) mass is 206 g/mol. The van der Waals surface area contributed by atoms with E-state index in [-0.39, 0.29) is 0 Å². The van der Waals surface area contributed by atoms with E-state index >= 15 is 0 Å². The van der Waals surface area contributed by atoms with Crippen LogP contribution in [0.4, 0.5) is 0 Å². The average Bonchev–Trinajstić information content (AvgIpc) is 2.31. The molecule has 0 amide bonds. The molecule has 0 aromatic carbocycles. The summed E-state index contributed by atoms with van der Waals surface area (Å²) in [6.45, 7) is 7.48. The molecule has 4 heteroatoms. The summed E-state index contributed by atoms with van der Waals surface area (Å²) < 4.78 is 0. The standard InChI is InChI=1S/C11H18N4/c1-2-11-13-7-10(8-14-11)9-15-5-3-12-4-6-15/h7-8,12H,2-6,9H2,1H3. The summed E-state index contributed by atoms with van der Waals surface area (Å²) in [6, 6.07) is 0. The van der Waals surface area contributed by atoms with Crippen LogP contribution in [-0.4, -0.2) is 41.0 Å². The fourth-order valence-electron chi connectivity index (χ4n) is 1.77. The zero-order chi connectivity index (χ0) is 10.5. The van der Waals surface area contributed by atoms with E-state index in [9.17, 15) is 0 Å². The summed E-state index contributed by atoms with van der Waals surface area (Å²) in [5.41, 5.74) is 1.22. The second-order valence-corrected chi connectivity index (χ2v) is 3.89. The molecule has 1 fully saturated rings. The molecule has 1 aliphatic rings. The summed E-state index contributed by atoms with van der Waals surface area (Å²) in [6.07, 6.45) is 4.82. The molecule has 0 radical (unpaired) electrons. The molecule has 4 nitrogen and oxygen atoms in total. The Morgan fingerprint density at radius 1 is 1.27 bits per heavy atom. The molecule has 0 bridgehead atoms. The zero-order valence-electron chi connectivity index (χ0n) is 9.24. The number of rotatable bonds is 3. The molecule has 1 saturated heterocycles. The fourth-order valence-corrected chi connectivity index (χ4v) is 1.77. The first-order valence-corrected chi connectivity index (χ1v) is 5.61. The smallest absolute Gasteiger partial charge is 0.127 e. The maximum atomic E-state index is 4.31. The first-order chi connectivity index (χ1) is 7.38. The number of hydrogen-bond donors (Lipinski definition) is 1. The largest absolute Gasteiger partial charge is 0.314 e. The minimum Gasteiger partial charge on any atom is -0.314 e. The van der Waals surface area contributed by atoms with Crippen molar-refractivity contribution >= 4 is 0 Å². The molecule has 15 heavy (non-hydrogen) atoms. The molecule has 1 aromatic heterocycles. The van der Waals surface area contributed by atoms with Gasteiger partial charge in [-0.3, -0.25) is 4.90 Å². The number of aromatic nitrogens is 2. The lowest BCUT2D eigenvalue weighted by atomic mass is 10.2. The number of piperazine rings is 1. The van der Waals surface area contributed by atoms with Crippen LogP contribution in [0.1, 0.15) is 18.3 Å². The third-order valence-electron chi connectivity index (χ3n) is 2.69. The van der Waals surface area contributed by atoms with Crippen LogP contribution in [0.3, 0.4) is 0 Å². The topological polar surface area (TPSA) is 41.1 Å². The van der Waals surface area contributed by atoms with Crippen LogP contribution in [0, 0.1) is 0 Å². The van der Waals surface area contributed by atoms with Crippen LogP contribution in [0.15, 0.2) is 12.4 Å². The van der Waals surface area contributed by atoms with Gasteiger partial charge in [0.25, 0.3) is 0 Å². The van der Waals surface area contributed by atoms with E-state index in [4.69, 9.17) is 0 Å². The van der Waals surface area contributed by atoms with Gasteiger partial charge in [-0.1, -0.05) is 6.92 Å². The number of nitrogens with zero attached hydrogens (tertiary/aromatic N) is 3. The van der Waals surface area contributed by atoms with Crippen molar-refractivity contribution in [3.05, 3.63) is 23.8 Å². The van der Waals surface area contributed by atoms with Gasteiger partial charge in [-0.25, -0.2) is 9.97 Å². The molecule has 1 aromatic rings. The summed E-state index contributed by atoms with van der Waals surface area (Å²) in [7, 11) is 0. The van der Waals surface area contributed by atoms with Crippen molar-refractivity contribution in [3.63, 3.8) is 0 Å². The molecule has 0 aliphatic carbocycles. The highest BCUT2D eigenvalue weighted by atomic mass is 15.2. The third kappa shape index (κ3) is 2.97. The van der Waals surface area contributed by atoms with Crippen LogP contribution < -0.4 is 5.32 Å². The van der Waals surface area contributed by atoms with Crippen LogP contribution >= 0.6 is 0 Å². The van der Waals surface area contributed by atoms with Crippen molar-refractivity contribution in [2.75, 3.05) is 26.2 Å². The van der Waals surface area contributed by atoms with Crippen molar-refractivity contribution in [1.29, 1.82) is 0 Å². The van der Waals surface area contributed by atoms with Gasteiger partial charge >= 0.3 is 0 Å². The first kappa shape index (κ1) is 10.5. The normalized spacial score (nSPS) is 17.9. The quantitative estimate of drug-likeness (QED) is 0.779. The van der Waals surface area contributed by atoms with Crippen molar-refractivity contribution in [1.82, 2.24) is 20.2 Å². The molecule has 0 spiro atoms. The Hall–Kier alpha value is -1.00. The van der Waals surface area contributed by atoms with Crippen molar-refractivity contribution < 1.29 is 0 Å². The van der Waals surface area contributed by atoms with Crippen molar-refractivity contribution in [2.24, 2.45) is 0 Å². The van der Waals surface area contributed by atoms with E-state index in [2.05, 4.69) is 27.1 Å². The van der Waals surface area contributed by atoms with E-state index in [0.29, 0.717) is 0 Å². The third-order valence-corrected chi connectivity index (χ3v) is 2.69. The number of hydrogen-bond acceptors (Lipinski definition) is 4. The van der Waals surface area contributed by atoms with Gasteiger partial charge in [-0.2, -0.15) is 0 Å². The highest BCUT2D eigenvalue weighted by Crippen LogP contribution is 2.03. The number of nitrogens with one attached hydrogen (secondary N) is 1. The number of aryl methyl sites for hydroxylation is 1. The van der Waals surface area contributed by atoms with Crippen LogP contribution in [0.2, 0.25) is 0 Å². The van der Waals surface area contributed by atoms with Gasteiger partial charge in [0.1, 0.15) is 5.82 Å². The SMILES string of the molecule is CCc1ncc(CN2CCNCC2)cn1. The molecule has 1 N–H and O–H groups in total. The van der Waals surface area contributed by atoms with E-state index < -0.39 is 0 Å². The van der Waals surface area contributed by atoms with Crippen molar-refractivity contribution in [2.45, 2.75) is 19.9 Å². The Bertz CT molecular complexity index is 290. The molecule has 2 heterocycles. The summed E-state index contributed by atoms with van der Waals surface area (Å²) in [5.74, 6) is 0.930. The second kappa shape index (κ2) is 5.19. The molecule has 0 atom stereocenters. The summed E-state index contributed by atoms with van der Waals surface area (Å²) in [5, 5.41) is 3.35. The van der Waals surface area contributed by atoms with Crippen LogP contribution in [0.25, 0.3) is 0 Å². The van der Waals surface area contributed by atoms with E-state index in [1.807, 2.05) is 12.4 Å². The Morgan fingerprint density at radius 3 is 2.53 bits per heavy atom. The minimum atomic E-state index is 0.911. The highest BCUT2D eigenvalue weighted by Gasteiger charge is 2.09. The molecule has 2 rings (SSSR count). The fraction of sp³-hybridized carbons (Fsp3) is 0.636. The Labute approximate surface area is 90.7 Å². The van der Waals surface area contributed by atoms with Gasteiger partial charge in [-0.05, 0) is 0 Å². The van der Waals surface area contributed by atoms with E-state index in [0.717, 1.165) is 45.0 Å². The van der Waals surface area contributed by atoms with Gasteiger partial charge in [0.2, 0.25) is 0 Å². The Morgan fingerprint density at radius 2 is 1.93 bits per heavy atom.